The number of methoxy groups -OCH3 is 1. The number of hydrogen-bond donors (Lipinski definition) is 0. The maximum atomic E-state index is 12.1. The Kier molecular flexibility index (Phi) is 2.78. The summed E-state index contributed by atoms with van der Waals surface area (Å²) < 4.78 is 6.80. The van der Waals surface area contributed by atoms with E-state index in [-0.39, 0.29) is 0 Å². The molecule has 6 heteroatoms. The molecule has 1 aromatic carbocycles. The number of nitrogens with zero attached hydrogens (tertiary/aromatic N) is 3. The van der Waals surface area contributed by atoms with Crippen LogP contribution < -0.4 is 9.64 Å². The van der Waals surface area contributed by atoms with Crippen LogP contribution in [0.3, 0.4) is 0 Å². The molecule has 6 nitrogen and oxygen atoms in total. The molecule has 0 fully saturated rings. The van der Waals surface area contributed by atoms with E-state index >= 15 is 0 Å². The Morgan fingerprint density at radius 2 is 2.10 bits per heavy atom. The molecule has 0 bridgehead atoms. The molecule has 2 aromatic rings. The SMILES string of the molecule is COc1ccc2c(c1)N(Cc1cnn(C)c1)C(=O)C2=O. The monoisotopic (exact) mass is 271 g/mol. The lowest BCUT2D eigenvalue weighted by atomic mass is 10.1. The van der Waals surface area contributed by atoms with Crippen molar-refractivity contribution >= 4 is 17.4 Å². The maximum Gasteiger partial charge on any atom is 0.299 e. The molecule has 0 spiro atoms. The van der Waals surface area contributed by atoms with Gasteiger partial charge in [-0.2, -0.15) is 5.10 Å². The topological polar surface area (TPSA) is 64.4 Å². The number of Topliss-reactive ketones (excluding diaryl/α,β-unsaturated/α-hetero) is 1. The highest BCUT2D eigenvalue weighted by Crippen LogP contribution is 2.33. The van der Waals surface area contributed by atoms with Gasteiger partial charge < -0.3 is 9.64 Å². The van der Waals surface area contributed by atoms with E-state index < -0.39 is 11.7 Å². The van der Waals surface area contributed by atoms with Gasteiger partial charge in [-0.05, 0) is 12.1 Å². The first kappa shape index (κ1) is 12.4. The van der Waals surface area contributed by atoms with E-state index in [0.29, 0.717) is 23.5 Å². The summed E-state index contributed by atoms with van der Waals surface area (Å²) >= 11 is 0. The van der Waals surface area contributed by atoms with Crippen LogP contribution in [0, 0.1) is 0 Å². The van der Waals surface area contributed by atoms with Crippen LogP contribution in [0.2, 0.25) is 0 Å². The number of hydrogen-bond acceptors (Lipinski definition) is 4. The van der Waals surface area contributed by atoms with Crippen LogP contribution in [0.25, 0.3) is 0 Å². The first-order valence-electron chi connectivity index (χ1n) is 6.12. The van der Waals surface area contributed by atoms with Gasteiger partial charge in [0.15, 0.2) is 0 Å². The molecule has 102 valence electrons. The molecule has 1 aliphatic rings. The molecule has 2 heterocycles. The Hall–Kier alpha value is -2.63. The Labute approximate surface area is 115 Å². The zero-order chi connectivity index (χ0) is 14.3. The number of aryl methyl sites for hydroxylation is 1. The van der Waals surface area contributed by atoms with E-state index in [0.717, 1.165) is 5.56 Å². The van der Waals surface area contributed by atoms with Crippen molar-refractivity contribution < 1.29 is 14.3 Å². The average molecular weight is 271 g/mol. The highest BCUT2D eigenvalue weighted by molar-refractivity contribution is 6.52. The summed E-state index contributed by atoms with van der Waals surface area (Å²) in [4.78, 5) is 25.5. The minimum Gasteiger partial charge on any atom is -0.497 e. The third-order valence-electron chi connectivity index (χ3n) is 3.28. The number of benzene rings is 1. The smallest absolute Gasteiger partial charge is 0.299 e. The Morgan fingerprint density at radius 3 is 2.75 bits per heavy atom. The summed E-state index contributed by atoms with van der Waals surface area (Å²) in [6, 6.07) is 5.00. The normalized spacial score (nSPS) is 13.8. The molecular weight excluding hydrogens is 258 g/mol. The van der Waals surface area contributed by atoms with Crippen molar-refractivity contribution in [3.05, 3.63) is 41.7 Å². The summed E-state index contributed by atoms with van der Waals surface area (Å²) in [7, 11) is 3.35. The fraction of sp³-hybridized carbons (Fsp3) is 0.214. The summed E-state index contributed by atoms with van der Waals surface area (Å²) in [5.74, 6) is -0.383. The molecule has 0 saturated carbocycles. The fourth-order valence-electron chi connectivity index (χ4n) is 2.29. The van der Waals surface area contributed by atoms with Crippen molar-refractivity contribution in [3.63, 3.8) is 0 Å². The van der Waals surface area contributed by atoms with Gasteiger partial charge in [0, 0.05) is 24.9 Å². The van der Waals surface area contributed by atoms with Crippen molar-refractivity contribution in [1.82, 2.24) is 9.78 Å². The quantitative estimate of drug-likeness (QED) is 0.786. The standard InChI is InChI=1S/C14H13N3O3/c1-16-7-9(6-15-16)8-17-12-5-10(20-2)3-4-11(12)13(18)14(17)19/h3-7H,8H2,1-2H3. The lowest BCUT2D eigenvalue weighted by Crippen LogP contribution is -2.29. The van der Waals surface area contributed by atoms with Crippen molar-refractivity contribution in [2.75, 3.05) is 12.0 Å². The number of carbonyl (C=O) groups excluding carboxylic acids is 2. The number of rotatable bonds is 3. The minimum atomic E-state index is -0.517. The lowest BCUT2D eigenvalue weighted by molar-refractivity contribution is -0.114. The van der Waals surface area contributed by atoms with Gasteiger partial charge in [-0.25, -0.2) is 0 Å². The van der Waals surface area contributed by atoms with E-state index in [1.54, 1.807) is 43.2 Å². The van der Waals surface area contributed by atoms with Crippen LogP contribution in [0.1, 0.15) is 15.9 Å². The number of ether oxygens (including phenoxy) is 1. The predicted molar refractivity (Wildman–Crippen MR) is 71.7 cm³/mol. The van der Waals surface area contributed by atoms with Gasteiger partial charge in [-0.3, -0.25) is 14.3 Å². The Balaban J connectivity index is 2.00. The second kappa shape index (κ2) is 4.48. The number of aromatic nitrogens is 2. The molecule has 0 saturated heterocycles. The highest BCUT2D eigenvalue weighted by atomic mass is 16.5. The second-order valence-electron chi connectivity index (χ2n) is 4.63. The van der Waals surface area contributed by atoms with Crippen LogP contribution >= 0.6 is 0 Å². The lowest BCUT2D eigenvalue weighted by Gasteiger charge is -2.15. The summed E-state index contributed by atoms with van der Waals surface area (Å²) in [6.45, 7) is 0.318. The Bertz CT molecular complexity index is 705. The third-order valence-corrected chi connectivity index (χ3v) is 3.28. The van der Waals surface area contributed by atoms with Crippen molar-refractivity contribution in [2.24, 2.45) is 7.05 Å². The van der Waals surface area contributed by atoms with Crippen LogP contribution in [0.4, 0.5) is 5.69 Å². The molecule has 20 heavy (non-hydrogen) atoms. The zero-order valence-corrected chi connectivity index (χ0v) is 11.2. The number of ketones is 1. The number of fused-ring (bicyclic) bond motifs is 1. The van der Waals surface area contributed by atoms with Gasteiger partial charge in [-0.15, -0.1) is 0 Å². The first-order chi connectivity index (χ1) is 9.60. The molecule has 0 radical (unpaired) electrons. The largest absolute Gasteiger partial charge is 0.497 e. The van der Waals surface area contributed by atoms with Gasteiger partial charge in [0.1, 0.15) is 5.75 Å². The summed E-state index contributed by atoms with van der Waals surface area (Å²) in [6.07, 6.45) is 3.49. The minimum absolute atomic E-state index is 0.318. The number of carbonyl (C=O) groups is 2. The van der Waals surface area contributed by atoms with Gasteiger partial charge in [0.05, 0.1) is 31.1 Å². The zero-order valence-electron chi connectivity index (χ0n) is 11.2. The maximum absolute atomic E-state index is 12.1. The molecule has 0 N–H and O–H groups in total. The van der Waals surface area contributed by atoms with Crippen LogP contribution in [0.5, 0.6) is 5.75 Å². The van der Waals surface area contributed by atoms with Crippen LogP contribution in [-0.2, 0) is 18.4 Å². The first-order valence-corrected chi connectivity index (χ1v) is 6.12. The van der Waals surface area contributed by atoms with Gasteiger partial charge in [0.2, 0.25) is 0 Å². The molecule has 0 unspecified atom stereocenters. The van der Waals surface area contributed by atoms with E-state index in [1.807, 2.05) is 6.20 Å². The van der Waals surface area contributed by atoms with E-state index in [9.17, 15) is 9.59 Å². The number of anilines is 1. The molecule has 1 aromatic heterocycles. The van der Waals surface area contributed by atoms with Crippen LogP contribution in [-0.4, -0.2) is 28.6 Å². The average Bonchev–Trinajstić information content (AvgIpc) is 2.96. The van der Waals surface area contributed by atoms with Crippen molar-refractivity contribution in [3.8, 4) is 5.75 Å². The van der Waals surface area contributed by atoms with Crippen molar-refractivity contribution in [2.45, 2.75) is 6.54 Å². The van der Waals surface area contributed by atoms with Gasteiger partial charge in [-0.1, -0.05) is 0 Å². The molecule has 3 rings (SSSR count). The fourth-order valence-corrected chi connectivity index (χ4v) is 2.29. The third kappa shape index (κ3) is 1.85. The summed E-state index contributed by atoms with van der Waals surface area (Å²) in [5, 5.41) is 4.06. The molecule has 0 atom stereocenters. The molecule has 1 amide bonds. The Morgan fingerprint density at radius 1 is 1.30 bits per heavy atom. The number of amides is 1. The van der Waals surface area contributed by atoms with E-state index in [1.165, 1.54) is 4.90 Å². The van der Waals surface area contributed by atoms with Gasteiger partial charge in [0.25, 0.3) is 11.7 Å². The van der Waals surface area contributed by atoms with Crippen LogP contribution in [0.15, 0.2) is 30.6 Å². The summed E-state index contributed by atoms with van der Waals surface area (Å²) in [5.41, 5.74) is 1.87. The van der Waals surface area contributed by atoms with Gasteiger partial charge >= 0.3 is 0 Å². The van der Waals surface area contributed by atoms with E-state index in [4.69, 9.17) is 4.74 Å². The molecule has 1 aliphatic heterocycles. The highest BCUT2D eigenvalue weighted by Gasteiger charge is 2.36. The predicted octanol–water partition coefficient (Wildman–Crippen LogP) is 1.16. The van der Waals surface area contributed by atoms with E-state index in [2.05, 4.69) is 5.10 Å². The second-order valence-corrected chi connectivity index (χ2v) is 4.63. The van der Waals surface area contributed by atoms with Crippen molar-refractivity contribution in [1.29, 1.82) is 0 Å². The molecule has 0 aliphatic carbocycles. The molecular formula is C14H13N3O3.